The van der Waals surface area contributed by atoms with E-state index in [9.17, 15) is 9.59 Å². The zero-order valence-electron chi connectivity index (χ0n) is 18.3. The Labute approximate surface area is 196 Å². The van der Waals surface area contributed by atoms with Gasteiger partial charge in [0.25, 0.3) is 0 Å². The number of halogens is 1. The SMILES string of the molecule is Cc1ccc2[nH]cc(CCNC(=O)CN3C(=O)CCn4nc(-c5cccc(Cl)c5)cc43)c2c1. The van der Waals surface area contributed by atoms with E-state index >= 15 is 0 Å². The molecule has 7 nitrogen and oxygen atoms in total. The molecule has 2 N–H and O–H groups in total. The number of aromatic amines is 1. The zero-order chi connectivity index (χ0) is 22.9. The Bertz CT molecular complexity index is 1360. The molecule has 1 aliphatic rings. The van der Waals surface area contributed by atoms with Gasteiger partial charge in [0, 0.05) is 46.7 Å². The minimum absolute atomic E-state index is 0.0352. The van der Waals surface area contributed by atoms with Gasteiger partial charge in [-0.25, -0.2) is 4.68 Å². The standard InChI is InChI=1S/C25H24ClN5O2/c1-16-5-6-21-20(11-16)18(14-28-21)7-9-27-23(32)15-30-24-13-22(17-3-2-4-19(26)12-17)29-31(24)10-8-25(30)33/h2-6,11-14,28H,7-10,15H2,1H3,(H,27,32). The first kappa shape index (κ1) is 21.3. The lowest BCUT2D eigenvalue weighted by atomic mass is 10.1. The second-order valence-electron chi connectivity index (χ2n) is 8.31. The Morgan fingerprint density at radius 3 is 2.94 bits per heavy atom. The number of rotatable bonds is 6. The largest absolute Gasteiger partial charge is 0.361 e. The first-order chi connectivity index (χ1) is 16.0. The number of amides is 2. The molecule has 0 radical (unpaired) electrons. The number of carbonyl (C=O) groups is 2. The zero-order valence-corrected chi connectivity index (χ0v) is 19.0. The summed E-state index contributed by atoms with van der Waals surface area (Å²) in [7, 11) is 0. The first-order valence-electron chi connectivity index (χ1n) is 11.0. The quantitative estimate of drug-likeness (QED) is 0.453. The van der Waals surface area contributed by atoms with E-state index in [2.05, 4.69) is 40.5 Å². The van der Waals surface area contributed by atoms with Gasteiger partial charge in [-0.2, -0.15) is 5.10 Å². The van der Waals surface area contributed by atoms with Crippen LogP contribution < -0.4 is 10.2 Å². The van der Waals surface area contributed by atoms with E-state index in [1.165, 1.54) is 15.8 Å². The Hall–Kier alpha value is -3.58. The highest BCUT2D eigenvalue weighted by atomic mass is 35.5. The summed E-state index contributed by atoms with van der Waals surface area (Å²) < 4.78 is 1.78. The van der Waals surface area contributed by atoms with Crippen LogP contribution in [0, 0.1) is 6.92 Å². The molecule has 0 atom stereocenters. The number of carbonyl (C=O) groups excluding carboxylic acids is 2. The molecule has 4 aromatic rings. The van der Waals surface area contributed by atoms with Gasteiger partial charge in [0.2, 0.25) is 11.8 Å². The van der Waals surface area contributed by atoms with Crippen molar-refractivity contribution >= 4 is 40.1 Å². The van der Waals surface area contributed by atoms with Crippen LogP contribution in [0.2, 0.25) is 5.02 Å². The molecule has 0 saturated heterocycles. The predicted molar refractivity (Wildman–Crippen MR) is 129 cm³/mol. The molecule has 0 unspecified atom stereocenters. The van der Waals surface area contributed by atoms with Crippen LogP contribution in [-0.2, 0) is 22.6 Å². The summed E-state index contributed by atoms with van der Waals surface area (Å²) in [5.41, 5.74) is 5.04. The van der Waals surface area contributed by atoms with Crippen molar-refractivity contribution in [2.75, 3.05) is 18.0 Å². The van der Waals surface area contributed by atoms with Crippen molar-refractivity contribution in [3.05, 3.63) is 70.9 Å². The molecule has 0 aliphatic carbocycles. The fourth-order valence-electron chi connectivity index (χ4n) is 4.25. The summed E-state index contributed by atoms with van der Waals surface area (Å²) in [5.74, 6) is 0.351. The summed E-state index contributed by atoms with van der Waals surface area (Å²) in [4.78, 5) is 30.1. The van der Waals surface area contributed by atoms with E-state index in [1.54, 1.807) is 10.7 Å². The molecule has 5 rings (SSSR count). The highest BCUT2D eigenvalue weighted by molar-refractivity contribution is 6.30. The molecular weight excluding hydrogens is 438 g/mol. The van der Waals surface area contributed by atoms with Crippen LogP contribution in [0.15, 0.2) is 54.7 Å². The normalized spacial score (nSPS) is 13.4. The summed E-state index contributed by atoms with van der Waals surface area (Å²) in [6.45, 7) is 3.02. The Morgan fingerprint density at radius 1 is 1.21 bits per heavy atom. The number of nitrogens with one attached hydrogen (secondary N) is 2. The molecule has 8 heteroatoms. The molecular formula is C25H24ClN5O2. The highest BCUT2D eigenvalue weighted by Crippen LogP contribution is 2.29. The van der Waals surface area contributed by atoms with E-state index in [0.29, 0.717) is 36.8 Å². The maximum absolute atomic E-state index is 12.7. The van der Waals surface area contributed by atoms with Gasteiger partial charge in [-0.3, -0.25) is 14.5 Å². The first-order valence-corrected chi connectivity index (χ1v) is 11.3. The van der Waals surface area contributed by atoms with Crippen LogP contribution in [0.4, 0.5) is 5.82 Å². The monoisotopic (exact) mass is 461 g/mol. The third kappa shape index (κ3) is 4.36. The fraction of sp³-hybridized carbons (Fsp3) is 0.240. The van der Waals surface area contributed by atoms with Gasteiger partial charge in [0.15, 0.2) is 0 Å². The van der Waals surface area contributed by atoms with Crippen LogP contribution >= 0.6 is 11.6 Å². The van der Waals surface area contributed by atoms with Gasteiger partial charge in [-0.15, -0.1) is 0 Å². The number of nitrogens with zero attached hydrogens (tertiary/aromatic N) is 3. The van der Waals surface area contributed by atoms with Crippen molar-refractivity contribution in [2.45, 2.75) is 26.3 Å². The van der Waals surface area contributed by atoms with Crippen LogP contribution in [-0.4, -0.2) is 39.7 Å². The van der Waals surface area contributed by atoms with E-state index < -0.39 is 0 Å². The third-order valence-corrected chi connectivity index (χ3v) is 6.17. The number of hydrogen-bond acceptors (Lipinski definition) is 3. The number of H-pyrrole nitrogens is 1. The molecule has 0 saturated carbocycles. The van der Waals surface area contributed by atoms with Crippen LogP contribution in [0.1, 0.15) is 17.5 Å². The summed E-state index contributed by atoms with van der Waals surface area (Å²) in [6, 6.07) is 15.5. The van der Waals surface area contributed by atoms with Gasteiger partial charge in [0.1, 0.15) is 12.4 Å². The Balaban J connectivity index is 1.26. The average molecular weight is 462 g/mol. The lowest BCUT2D eigenvalue weighted by molar-refractivity contribution is -0.124. The molecule has 2 aromatic carbocycles. The van der Waals surface area contributed by atoms with Crippen LogP contribution in [0.5, 0.6) is 0 Å². The van der Waals surface area contributed by atoms with Gasteiger partial charge >= 0.3 is 0 Å². The second kappa shape index (κ2) is 8.75. The van der Waals surface area contributed by atoms with E-state index in [-0.39, 0.29) is 18.4 Å². The predicted octanol–water partition coefficient (Wildman–Crippen LogP) is 4.09. The number of anilines is 1. The Morgan fingerprint density at radius 2 is 2.09 bits per heavy atom. The minimum Gasteiger partial charge on any atom is -0.361 e. The lowest BCUT2D eigenvalue weighted by Gasteiger charge is -2.26. The van der Waals surface area contributed by atoms with Gasteiger partial charge in [0.05, 0.1) is 12.2 Å². The summed E-state index contributed by atoms with van der Waals surface area (Å²) >= 11 is 6.11. The maximum atomic E-state index is 12.7. The van der Waals surface area contributed by atoms with Crippen molar-refractivity contribution in [2.24, 2.45) is 0 Å². The number of aromatic nitrogens is 3. The highest BCUT2D eigenvalue weighted by Gasteiger charge is 2.28. The van der Waals surface area contributed by atoms with Crippen molar-refractivity contribution in [1.82, 2.24) is 20.1 Å². The second-order valence-corrected chi connectivity index (χ2v) is 8.75. The molecule has 3 heterocycles. The number of benzene rings is 2. The van der Waals surface area contributed by atoms with Gasteiger partial charge in [-0.1, -0.05) is 35.4 Å². The molecule has 2 aromatic heterocycles. The topological polar surface area (TPSA) is 83.0 Å². The van der Waals surface area contributed by atoms with Crippen LogP contribution in [0.3, 0.4) is 0 Å². The number of fused-ring (bicyclic) bond motifs is 2. The Kier molecular flexibility index (Phi) is 5.64. The third-order valence-electron chi connectivity index (χ3n) is 5.94. The summed E-state index contributed by atoms with van der Waals surface area (Å²) in [6.07, 6.45) is 3.01. The van der Waals surface area contributed by atoms with Gasteiger partial charge in [-0.05, 0) is 43.2 Å². The van der Waals surface area contributed by atoms with Crippen molar-refractivity contribution < 1.29 is 9.59 Å². The molecule has 1 aliphatic heterocycles. The number of aryl methyl sites for hydroxylation is 2. The van der Waals surface area contributed by atoms with Crippen molar-refractivity contribution in [3.8, 4) is 11.3 Å². The smallest absolute Gasteiger partial charge is 0.240 e. The molecule has 2 amide bonds. The number of hydrogen-bond donors (Lipinski definition) is 2. The summed E-state index contributed by atoms with van der Waals surface area (Å²) in [5, 5.41) is 9.36. The van der Waals surface area contributed by atoms with Crippen LogP contribution in [0.25, 0.3) is 22.2 Å². The molecule has 33 heavy (non-hydrogen) atoms. The van der Waals surface area contributed by atoms with Crippen molar-refractivity contribution in [3.63, 3.8) is 0 Å². The van der Waals surface area contributed by atoms with Gasteiger partial charge < -0.3 is 10.3 Å². The minimum atomic E-state index is -0.196. The molecule has 0 fully saturated rings. The lowest BCUT2D eigenvalue weighted by Crippen LogP contribution is -2.44. The molecule has 0 bridgehead atoms. The molecule has 168 valence electrons. The average Bonchev–Trinajstić information content (AvgIpc) is 3.40. The van der Waals surface area contributed by atoms with Crippen molar-refractivity contribution in [1.29, 1.82) is 0 Å². The fourth-order valence-corrected chi connectivity index (χ4v) is 4.44. The van der Waals surface area contributed by atoms with E-state index in [0.717, 1.165) is 22.3 Å². The maximum Gasteiger partial charge on any atom is 0.240 e. The van der Waals surface area contributed by atoms with E-state index in [1.807, 2.05) is 30.5 Å². The molecule has 0 spiro atoms. The van der Waals surface area contributed by atoms with E-state index in [4.69, 9.17) is 11.6 Å².